The summed E-state index contributed by atoms with van der Waals surface area (Å²) in [6.45, 7) is 9.90. The van der Waals surface area contributed by atoms with Gasteiger partial charge in [-0.25, -0.2) is 4.98 Å². The van der Waals surface area contributed by atoms with Gasteiger partial charge in [-0.3, -0.25) is 14.0 Å². The Labute approximate surface area is 145 Å². The Bertz CT molecular complexity index is 786. The molecule has 0 saturated carbocycles. The number of aliphatic hydroxyl groups excluding tert-OH is 1. The predicted molar refractivity (Wildman–Crippen MR) is 95.8 cm³/mol. The van der Waals surface area contributed by atoms with Gasteiger partial charge in [0.05, 0.1) is 12.6 Å². The molecule has 0 aliphatic carbocycles. The van der Waals surface area contributed by atoms with E-state index in [0.29, 0.717) is 17.3 Å². The van der Waals surface area contributed by atoms with Gasteiger partial charge in [0.25, 0.3) is 11.5 Å². The van der Waals surface area contributed by atoms with Gasteiger partial charge in [0.1, 0.15) is 5.56 Å². The van der Waals surface area contributed by atoms with Gasteiger partial charge in [-0.1, -0.05) is 34.6 Å². The molecule has 1 unspecified atom stereocenters. The smallest absolute Gasteiger partial charge is 0.271 e. The summed E-state index contributed by atoms with van der Waals surface area (Å²) in [7, 11) is 0. The Kier molecular flexibility index (Phi) is 5.45. The molecule has 0 aromatic carbocycles. The summed E-state index contributed by atoms with van der Waals surface area (Å²) in [5.74, 6) is -0.166. The molecule has 2 aromatic heterocycles. The van der Waals surface area contributed by atoms with Crippen LogP contribution in [0.25, 0.3) is 4.96 Å². The van der Waals surface area contributed by atoms with E-state index in [4.69, 9.17) is 0 Å². The number of carbonyl (C=O) groups excluding carboxylic acids is 1. The molecule has 24 heavy (non-hydrogen) atoms. The molecule has 132 valence electrons. The van der Waals surface area contributed by atoms with Crippen LogP contribution in [0.4, 0.5) is 0 Å². The Morgan fingerprint density at radius 3 is 2.62 bits per heavy atom. The second-order valence-electron chi connectivity index (χ2n) is 7.45. The SMILES string of the molecule is CC(C)CC(CO)NC(=O)c1cnc2scc(C(C)(C)C)n2c1=O. The first-order chi connectivity index (χ1) is 11.1. The highest BCUT2D eigenvalue weighted by Crippen LogP contribution is 2.25. The first-order valence-corrected chi connectivity index (χ1v) is 8.94. The highest BCUT2D eigenvalue weighted by atomic mass is 32.1. The zero-order valence-electron chi connectivity index (χ0n) is 14.8. The summed E-state index contributed by atoms with van der Waals surface area (Å²) in [6, 6.07) is -0.373. The third-order valence-electron chi connectivity index (χ3n) is 3.77. The van der Waals surface area contributed by atoms with Crippen LogP contribution in [0.15, 0.2) is 16.4 Å². The fourth-order valence-electron chi connectivity index (χ4n) is 2.58. The van der Waals surface area contributed by atoms with Crippen LogP contribution in [-0.4, -0.2) is 33.0 Å². The van der Waals surface area contributed by atoms with Crippen LogP contribution in [0.5, 0.6) is 0 Å². The molecule has 6 nitrogen and oxygen atoms in total. The average molecular weight is 351 g/mol. The normalized spacial score (nSPS) is 13.5. The topological polar surface area (TPSA) is 83.7 Å². The van der Waals surface area contributed by atoms with Crippen molar-refractivity contribution in [3.8, 4) is 0 Å². The Hall–Kier alpha value is -1.73. The van der Waals surface area contributed by atoms with E-state index in [9.17, 15) is 14.7 Å². The summed E-state index contributed by atoms with van der Waals surface area (Å²) in [6.07, 6.45) is 1.96. The maximum atomic E-state index is 12.8. The third kappa shape index (κ3) is 3.84. The molecule has 0 aliphatic heterocycles. The number of hydrogen-bond acceptors (Lipinski definition) is 5. The van der Waals surface area contributed by atoms with Crippen molar-refractivity contribution in [1.29, 1.82) is 0 Å². The van der Waals surface area contributed by atoms with Gasteiger partial charge in [-0.05, 0) is 12.3 Å². The highest BCUT2D eigenvalue weighted by molar-refractivity contribution is 7.15. The van der Waals surface area contributed by atoms with Crippen LogP contribution < -0.4 is 10.9 Å². The molecule has 1 atom stereocenters. The summed E-state index contributed by atoms with van der Waals surface area (Å²) < 4.78 is 1.51. The lowest BCUT2D eigenvalue weighted by Gasteiger charge is -2.19. The summed E-state index contributed by atoms with van der Waals surface area (Å²) >= 11 is 1.38. The van der Waals surface area contributed by atoms with E-state index in [0.717, 1.165) is 5.69 Å². The second kappa shape index (κ2) is 7.03. The van der Waals surface area contributed by atoms with E-state index < -0.39 is 5.91 Å². The van der Waals surface area contributed by atoms with Gasteiger partial charge in [0, 0.05) is 22.7 Å². The van der Waals surface area contributed by atoms with Crippen LogP contribution in [-0.2, 0) is 5.41 Å². The van der Waals surface area contributed by atoms with E-state index in [1.165, 1.54) is 21.9 Å². The predicted octanol–water partition coefficient (Wildman–Crippen LogP) is 2.19. The number of nitrogens with zero attached hydrogens (tertiary/aromatic N) is 2. The van der Waals surface area contributed by atoms with Crippen molar-refractivity contribution < 1.29 is 9.90 Å². The number of carbonyl (C=O) groups is 1. The summed E-state index contributed by atoms with van der Waals surface area (Å²) in [5, 5.41) is 14.1. The van der Waals surface area contributed by atoms with Gasteiger partial charge in [0.2, 0.25) is 0 Å². The number of aliphatic hydroxyl groups is 1. The molecule has 0 aliphatic rings. The number of hydrogen-bond donors (Lipinski definition) is 2. The first-order valence-electron chi connectivity index (χ1n) is 8.06. The molecule has 2 rings (SSSR count). The van der Waals surface area contributed by atoms with Crippen molar-refractivity contribution in [3.05, 3.63) is 33.2 Å². The Balaban J connectivity index is 2.41. The van der Waals surface area contributed by atoms with Gasteiger partial charge >= 0.3 is 0 Å². The lowest BCUT2D eigenvalue weighted by molar-refractivity contribution is 0.0906. The Morgan fingerprint density at radius 2 is 2.08 bits per heavy atom. The molecule has 0 fully saturated rings. The number of nitrogens with one attached hydrogen (secondary N) is 1. The van der Waals surface area contributed by atoms with Gasteiger partial charge < -0.3 is 10.4 Å². The van der Waals surface area contributed by atoms with Crippen LogP contribution >= 0.6 is 11.3 Å². The molecule has 2 aromatic rings. The van der Waals surface area contributed by atoms with Crippen LogP contribution in [0.2, 0.25) is 0 Å². The average Bonchev–Trinajstić information content (AvgIpc) is 2.91. The lowest BCUT2D eigenvalue weighted by atomic mass is 9.93. The van der Waals surface area contributed by atoms with E-state index in [1.807, 2.05) is 40.0 Å². The number of fused-ring (bicyclic) bond motifs is 1. The largest absolute Gasteiger partial charge is 0.394 e. The number of rotatable bonds is 5. The quantitative estimate of drug-likeness (QED) is 0.865. The van der Waals surface area contributed by atoms with Crippen molar-refractivity contribution in [2.75, 3.05) is 6.61 Å². The number of amides is 1. The molecular weight excluding hydrogens is 326 g/mol. The zero-order valence-corrected chi connectivity index (χ0v) is 15.6. The van der Waals surface area contributed by atoms with Crippen LogP contribution in [0.3, 0.4) is 0 Å². The lowest BCUT2D eigenvalue weighted by Crippen LogP contribution is -2.41. The van der Waals surface area contributed by atoms with Crippen molar-refractivity contribution >= 4 is 22.2 Å². The number of thiazole rings is 1. The highest BCUT2D eigenvalue weighted by Gasteiger charge is 2.23. The molecule has 7 heteroatoms. The monoisotopic (exact) mass is 351 g/mol. The molecule has 1 amide bonds. The summed E-state index contributed by atoms with van der Waals surface area (Å²) in [5.41, 5.74) is 0.225. The standard InChI is InChI=1S/C17H25N3O3S/c1-10(2)6-11(8-21)19-14(22)12-7-18-16-20(15(12)23)13(9-24-16)17(3,4)5/h7,9-11,21H,6,8H2,1-5H3,(H,19,22). The van der Waals surface area contributed by atoms with Crippen molar-refractivity contribution in [3.63, 3.8) is 0 Å². The molecular formula is C17H25N3O3S. The molecule has 0 bridgehead atoms. The fraction of sp³-hybridized carbons (Fsp3) is 0.588. The van der Waals surface area contributed by atoms with E-state index >= 15 is 0 Å². The minimum absolute atomic E-state index is 0.00129. The van der Waals surface area contributed by atoms with E-state index in [-0.39, 0.29) is 29.2 Å². The van der Waals surface area contributed by atoms with Crippen LogP contribution in [0.1, 0.15) is 57.1 Å². The van der Waals surface area contributed by atoms with Crippen molar-refractivity contribution in [2.45, 2.75) is 52.5 Å². The zero-order chi connectivity index (χ0) is 18.1. The van der Waals surface area contributed by atoms with Crippen molar-refractivity contribution in [2.24, 2.45) is 5.92 Å². The van der Waals surface area contributed by atoms with E-state index in [1.54, 1.807) is 0 Å². The molecule has 2 N–H and O–H groups in total. The van der Waals surface area contributed by atoms with Gasteiger partial charge in [-0.15, -0.1) is 11.3 Å². The molecule has 0 spiro atoms. The Morgan fingerprint density at radius 1 is 1.42 bits per heavy atom. The third-order valence-corrected chi connectivity index (χ3v) is 4.61. The fourth-order valence-corrected chi connectivity index (χ4v) is 3.65. The second-order valence-corrected chi connectivity index (χ2v) is 8.29. The minimum atomic E-state index is -0.493. The maximum absolute atomic E-state index is 12.8. The minimum Gasteiger partial charge on any atom is -0.394 e. The maximum Gasteiger partial charge on any atom is 0.271 e. The number of aromatic nitrogens is 2. The molecule has 2 heterocycles. The van der Waals surface area contributed by atoms with Gasteiger partial charge in [0.15, 0.2) is 4.96 Å². The van der Waals surface area contributed by atoms with Gasteiger partial charge in [-0.2, -0.15) is 0 Å². The van der Waals surface area contributed by atoms with Crippen LogP contribution in [0, 0.1) is 5.92 Å². The first kappa shape index (κ1) is 18.6. The van der Waals surface area contributed by atoms with E-state index in [2.05, 4.69) is 10.3 Å². The summed E-state index contributed by atoms with van der Waals surface area (Å²) in [4.78, 5) is 30.1. The molecule has 0 radical (unpaired) electrons. The van der Waals surface area contributed by atoms with Crippen molar-refractivity contribution in [1.82, 2.24) is 14.7 Å². The molecule has 0 saturated heterocycles.